The van der Waals surface area contributed by atoms with Crippen molar-refractivity contribution in [1.29, 1.82) is 0 Å². The Labute approximate surface area is 141 Å². The monoisotopic (exact) mass is 358 g/mol. The van der Waals surface area contributed by atoms with Gasteiger partial charge in [-0.25, -0.2) is 4.79 Å². The van der Waals surface area contributed by atoms with E-state index in [1.165, 1.54) is 32.4 Å². The molecule has 2 rings (SSSR count). The fraction of sp³-hybridized carbons (Fsp3) is 0.286. The minimum atomic E-state index is -1.65. The standard InChI is InChI=1S/C14H12Cl2N2O5/c1-22-9-5-10(23-2)18-12(17-9)11(19)14(16)4-3-8(15)7(6-14)13(20)21/h3-5H,6H2,1-2H3,(H,20,21). The molecule has 9 heteroatoms. The number of nitrogens with zero attached hydrogens (tertiary/aromatic N) is 2. The lowest BCUT2D eigenvalue weighted by atomic mass is 9.89. The zero-order valence-corrected chi connectivity index (χ0v) is 13.7. The van der Waals surface area contributed by atoms with Crippen LogP contribution < -0.4 is 9.47 Å². The molecule has 0 radical (unpaired) electrons. The van der Waals surface area contributed by atoms with Gasteiger partial charge in [0.2, 0.25) is 23.4 Å². The Bertz CT molecular complexity index is 710. The first-order valence-corrected chi connectivity index (χ1v) is 7.08. The summed E-state index contributed by atoms with van der Waals surface area (Å²) in [6, 6.07) is 1.40. The van der Waals surface area contributed by atoms with E-state index in [4.69, 9.17) is 37.8 Å². The number of hydrogen-bond acceptors (Lipinski definition) is 6. The van der Waals surface area contributed by atoms with Gasteiger partial charge in [0, 0.05) is 6.42 Å². The van der Waals surface area contributed by atoms with Crippen LogP contribution in [-0.4, -0.2) is 45.9 Å². The second-order valence-corrected chi connectivity index (χ2v) is 5.69. The van der Waals surface area contributed by atoms with Gasteiger partial charge >= 0.3 is 5.97 Å². The third kappa shape index (κ3) is 3.46. The minimum absolute atomic E-state index is 0.0192. The van der Waals surface area contributed by atoms with Crippen LogP contribution >= 0.6 is 23.2 Å². The normalized spacial score (nSPS) is 20.3. The van der Waals surface area contributed by atoms with Crippen molar-refractivity contribution in [3.05, 3.63) is 34.6 Å². The summed E-state index contributed by atoms with van der Waals surface area (Å²) < 4.78 is 9.95. The molecule has 0 aromatic carbocycles. The van der Waals surface area contributed by atoms with Crippen LogP contribution in [0, 0.1) is 0 Å². The molecule has 1 aromatic heterocycles. The van der Waals surface area contributed by atoms with E-state index in [1.54, 1.807) is 0 Å². The average Bonchev–Trinajstić information content (AvgIpc) is 2.55. The predicted molar refractivity (Wildman–Crippen MR) is 82.3 cm³/mol. The molecule has 1 heterocycles. The molecule has 1 N–H and O–H groups in total. The number of carboxylic acid groups (broad SMARTS) is 1. The van der Waals surface area contributed by atoms with Gasteiger partial charge in [0.1, 0.15) is 4.87 Å². The highest BCUT2D eigenvalue weighted by Crippen LogP contribution is 2.36. The number of allylic oxidation sites excluding steroid dienone is 3. The topological polar surface area (TPSA) is 98.6 Å². The van der Waals surface area contributed by atoms with Crippen LogP contribution in [0.3, 0.4) is 0 Å². The van der Waals surface area contributed by atoms with Gasteiger partial charge in [-0.1, -0.05) is 17.7 Å². The smallest absolute Gasteiger partial charge is 0.333 e. The maximum atomic E-state index is 12.7. The van der Waals surface area contributed by atoms with Crippen molar-refractivity contribution in [3.8, 4) is 11.8 Å². The van der Waals surface area contributed by atoms with Crippen molar-refractivity contribution in [3.63, 3.8) is 0 Å². The number of rotatable bonds is 5. The maximum absolute atomic E-state index is 12.7. The lowest BCUT2D eigenvalue weighted by Gasteiger charge is -2.25. The number of ketones is 1. The number of carbonyl (C=O) groups excluding carboxylic acids is 1. The zero-order chi connectivity index (χ0) is 17.2. The molecule has 1 aromatic rings. The van der Waals surface area contributed by atoms with Crippen molar-refractivity contribution in [2.24, 2.45) is 0 Å². The van der Waals surface area contributed by atoms with Crippen molar-refractivity contribution >= 4 is 35.0 Å². The largest absolute Gasteiger partial charge is 0.481 e. The zero-order valence-electron chi connectivity index (χ0n) is 12.2. The molecule has 1 aliphatic carbocycles. The number of hydrogen-bond donors (Lipinski definition) is 1. The molecule has 1 aliphatic rings. The van der Waals surface area contributed by atoms with Crippen LogP contribution in [0.4, 0.5) is 0 Å². The van der Waals surface area contributed by atoms with E-state index < -0.39 is 16.6 Å². The van der Waals surface area contributed by atoms with Crippen molar-refractivity contribution in [2.75, 3.05) is 14.2 Å². The summed E-state index contributed by atoms with van der Waals surface area (Å²) in [5, 5.41) is 9.16. The van der Waals surface area contributed by atoms with Crippen LogP contribution in [0.2, 0.25) is 0 Å². The number of aromatic nitrogens is 2. The van der Waals surface area contributed by atoms with Crippen molar-refractivity contribution in [2.45, 2.75) is 11.3 Å². The molecule has 0 saturated carbocycles. The van der Waals surface area contributed by atoms with Gasteiger partial charge in [-0.15, -0.1) is 11.6 Å². The number of carboxylic acids is 1. The van der Waals surface area contributed by atoms with E-state index in [1.807, 2.05) is 0 Å². The highest BCUT2D eigenvalue weighted by molar-refractivity contribution is 6.41. The quantitative estimate of drug-likeness (QED) is 0.636. The molecule has 0 saturated heterocycles. The van der Waals surface area contributed by atoms with E-state index in [2.05, 4.69) is 9.97 Å². The number of Topliss-reactive ketones (excluding diaryl/α,β-unsaturated/α-hetero) is 1. The minimum Gasteiger partial charge on any atom is -0.481 e. The molecule has 23 heavy (non-hydrogen) atoms. The second kappa shape index (κ2) is 6.55. The Morgan fingerprint density at radius 1 is 1.26 bits per heavy atom. The number of aliphatic carboxylic acids is 1. The van der Waals surface area contributed by atoms with Crippen molar-refractivity contribution in [1.82, 2.24) is 9.97 Å². The first kappa shape index (κ1) is 17.2. The fourth-order valence-corrected chi connectivity index (χ4v) is 2.43. The van der Waals surface area contributed by atoms with E-state index >= 15 is 0 Å². The van der Waals surface area contributed by atoms with Crippen LogP contribution in [0.5, 0.6) is 11.8 Å². The molecule has 0 aliphatic heterocycles. The molecule has 7 nitrogen and oxygen atoms in total. The number of ether oxygens (including phenoxy) is 2. The fourth-order valence-electron chi connectivity index (χ4n) is 1.94. The summed E-state index contributed by atoms with van der Waals surface area (Å²) in [6.45, 7) is 0. The van der Waals surface area contributed by atoms with E-state index in [0.29, 0.717) is 0 Å². The molecule has 122 valence electrons. The Morgan fingerprint density at radius 2 is 1.83 bits per heavy atom. The number of halogens is 2. The highest BCUT2D eigenvalue weighted by Gasteiger charge is 2.41. The van der Waals surface area contributed by atoms with E-state index in [0.717, 1.165) is 0 Å². The maximum Gasteiger partial charge on any atom is 0.333 e. The van der Waals surface area contributed by atoms with E-state index in [9.17, 15) is 9.59 Å². The Balaban J connectivity index is 2.41. The lowest BCUT2D eigenvalue weighted by molar-refractivity contribution is -0.132. The molecular formula is C14H12Cl2N2O5. The van der Waals surface area contributed by atoms with E-state index in [-0.39, 0.29) is 34.6 Å². The molecule has 0 amide bonds. The predicted octanol–water partition coefficient (Wildman–Crippen LogP) is 2.19. The van der Waals surface area contributed by atoms with Gasteiger partial charge in [0.15, 0.2) is 0 Å². The summed E-state index contributed by atoms with van der Waals surface area (Å²) in [5.41, 5.74) is -0.160. The Kier molecular flexibility index (Phi) is 4.91. The van der Waals surface area contributed by atoms with Gasteiger partial charge in [0.25, 0.3) is 0 Å². The summed E-state index contributed by atoms with van der Waals surface area (Å²) in [7, 11) is 2.75. The van der Waals surface area contributed by atoms with Crippen molar-refractivity contribution < 1.29 is 24.2 Å². The number of carbonyl (C=O) groups is 2. The van der Waals surface area contributed by atoms with Crippen LogP contribution in [-0.2, 0) is 4.79 Å². The van der Waals surface area contributed by atoms with Gasteiger partial charge in [-0.2, -0.15) is 9.97 Å². The average molecular weight is 359 g/mol. The molecule has 0 fully saturated rings. The third-order valence-electron chi connectivity index (χ3n) is 3.15. The summed E-state index contributed by atoms with van der Waals surface area (Å²) >= 11 is 12.1. The van der Waals surface area contributed by atoms with Gasteiger partial charge in [-0.3, -0.25) is 4.79 Å². The van der Waals surface area contributed by atoms with Crippen LogP contribution in [0.1, 0.15) is 17.0 Å². The van der Waals surface area contributed by atoms with Gasteiger partial charge in [-0.05, 0) is 6.08 Å². The lowest BCUT2D eigenvalue weighted by Crippen LogP contribution is -2.35. The summed E-state index contributed by atoms with van der Waals surface area (Å²) in [6.07, 6.45) is 2.30. The molecule has 0 spiro atoms. The van der Waals surface area contributed by atoms with Crippen LogP contribution in [0.15, 0.2) is 28.8 Å². The molecular weight excluding hydrogens is 347 g/mol. The first-order valence-electron chi connectivity index (χ1n) is 6.32. The summed E-state index contributed by atoms with van der Waals surface area (Å²) in [4.78, 5) is 30.1. The molecule has 0 bridgehead atoms. The first-order chi connectivity index (χ1) is 10.8. The molecule has 1 unspecified atom stereocenters. The molecule has 1 atom stereocenters. The Hall–Kier alpha value is -2.12. The second-order valence-electron chi connectivity index (χ2n) is 4.61. The highest BCUT2D eigenvalue weighted by atomic mass is 35.5. The SMILES string of the molecule is COc1cc(OC)nc(C(=O)C2(Cl)C=CC(Cl)=C(C(=O)O)C2)n1. The van der Waals surface area contributed by atoms with Gasteiger partial charge in [0.05, 0.1) is 30.9 Å². The summed E-state index contributed by atoms with van der Waals surface area (Å²) in [5.74, 6) is -1.94. The van der Waals surface area contributed by atoms with Gasteiger partial charge < -0.3 is 14.6 Å². The number of methoxy groups -OCH3 is 2. The number of alkyl halides is 1. The third-order valence-corrected chi connectivity index (χ3v) is 3.94. The Morgan fingerprint density at radius 3 is 2.30 bits per heavy atom. The van der Waals surface area contributed by atoms with Crippen LogP contribution in [0.25, 0.3) is 0 Å².